The molecule has 0 bridgehead atoms. The van der Waals surface area contributed by atoms with Crippen molar-refractivity contribution in [3.05, 3.63) is 64.6 Å². The average molecular weight is 329 g/mol. The van der Waals surface area contributed by atoms with Crippen LogP contribution in [0, 0.1) is 0 Å². The summed E-state index contributed by atoms with van der Waals surface area (Å²) in [7, 11) is 0. The van der Waals surface area contributed by atoms with Gasteiger partial charge < -0.3 is 4.90 Å². The van der Waals surface area contributed by atoms with E-state index in [-0.39, 0.29) is 18.0 Å². The van der Waals surface area contributed by atoms with Gasteiger partial charge in [0.2, 0.25) is 5.91 Å². The molecular weight excluding hydrogens is 310 g/mol. The third-order valence-electron chi connectivity index (χ3n) is 3.94. The van der Waals surface area contributed by atoms with E-state index in [1.165, 1.54) is 22.5 Å². The van der Waals surface area contributed by atoms with Gasteiger partial charge in [0.05, 0.1) is 0 Å². The monoisotopic (exact) mass is 329 g/mol. The Morgan fingerprint density at radius 3 is 2.78 bits per heavy atom. The van der Waals surface area contributed by atoms with Crippen LogP contribution in [-0.2, 0) is 11.3 Å². The van der Waals surface area contributed by atoms with Gasteiger partial charge in [0.1, 0.15) is 6.54 Å². The Labute approximate surface area is 139 Å². The number of nitrogens with zero attached hydrogens (tertiary/aromatic N) is 3. The highest BCUT2D eigenvalue weighted by Gasteiger charge is 2.22. The van der Waals surface area contributed by atoms with Crippen molar-refractivity contribution in [1.82, 2.24) is 14.7 Å². The van der Waals surface area contributed by atoms with Gasteiger partial charge in [-0.1, -0.05) is 30.3 Å². The number of amides is 1. The Morgan fingerprint density at radius 1 is 1.17 bits per heavy atom. The summed E-state index contributed by atoms with van der Waals surface area (Å²) < 4.78 is 1.22. The molecule has 0 saturated carbocycles. The standard InChI is InChI=1S/C17H19N3O2S/c21-16-7-4-9-18-20(16)13-17(22)19-10-8-15(23-12-11-19)14-5-2-1-3-6-14/h1-7,9,15H,8,10-13H2. The molecule has 1 amide bonds. The quantitative estimate of drug-likeness (QED) is 0.864. The smallest absolute Gasteiger partial charge is 0.267 e. The summed E-state index contributed by atoms with van der Waals surface area (Å²) in [5.74, 6) is 0.864. The lowest BCUT2D eigenvalue weighted by molar-refractivity contribution is -0.131. The molecule has 0 aliphatic carbocycles. The summed E-state index contributed by atoms with van der Waals surface area (Å²) in [5, 5.41) is 4.37. The first-order valence-electron chi connectivity index (χ1n) is 7.70. The Bertz CT molecular complexity index is 717. The summed E-state index contributed by atoms with van der Waals surface area (Å²) >= 11 is 1.89. The topological polar surface area (TPSA) is 55.2 Å². The number of carbonyl (C=O) groups excluding carboxylic acids is 1. The largest absolute Gasteiger partial charge is 0.340 e. The summed E-state index contributed by atoms with van der Waals surface area (Å²) in [6, 6.07) is 13.4. The predicted octanol–water partition coefficient (Wildman–Crippen LogP) is 1.95. The zero-order valence-corrected chi connectivity index (χ0v) is 13.6. The number of benzene rings is 1. The van der Waals surface area contributed by atoms with Gasteiger partial charge in [-0.05, 0) is 18.1 Å². The molecule has 1 aliphatic rings. The maximum atomic E-state index is 12.4. The SMILES string of the molecule is O=C(Cn1ncccc1=O)N1CCSC(c2ccccc2)CC1. The van der Waals surface area contributed by atoms with E-state index in [0.717, 1.165) is 12.2 Å². The molecule has 23 heavy (non-hydrogen) atoms. The average Bonchev–Trinajstić information content (AvgIpc) is 2.84. The van der Waals surface area contributed by atoms with Crippen molar-refractivity contribution in [2.75, 3.05) is 18.8 Å². The van der Waals surface area contributed by atoms with E-state index in [0.29, 0.717) is 18.3 Å². The van der Waals surface area contributed by atoms with Crippen LogP contribution < -0.4 is 5.56 Å². The molecule has 3 rings (SSSR count). The van der Waals surface area contributed by atoms with E-state index >= 15 is 0 Å². The van der Waals surface area contributed by atoms with Crippen molar-refractivity contribution in [2.24, 2.45) is 0 Å². The molecule has 0 N–H and O–H groups in total. The fourth-order valence-corrected chi connectivity index (χ4v) is 3.92. The third kappa shape index (κ3) is 4.01. The number of carbonyl (C=O) groups is 1. The normalized spacial score (nSPS) is 18.4. The van der Waals surface area contributed by atoms with Crippen LogP contribution in [0.15, 0.2) is 53.5 Å². The molecule has 1 fully saturated rings. The lowest BCUT2D eigenvalue weighted by Gasteiger charge is -2.20. The zero-order chi connectivity index (χ0) is 16.1. The van der Waals surface area contributed by atoms with Crippen LogP contribution in [0.1, 0.15) is 17.2 Å². The number of hydrogen-bond acceptors (Lipinski definition) is 4. The molecule has 2 heterocycles. The fraction of sp³-hybridized carbons (Fsp3) is 0.353. The van der Waals surface area contributed by atoms with E-state index in [1.54, 1.807) is 6.07 Å². The van der Waals surface area contributed by atoms with Gasteiger partial charge in [-0.15, -0.1) is 0 Å². The minimum absolute atomic E-state index is 0.0142. The second-order valence-corrected chi connectivity index (χ2v) is 6.77. The Balaban J connectivity index is 1.63. The second-order valence-electron chi connectivity index (χ2n) is 5.46. The molecule has 1 saturated heterocycles. The Morgan fingerprint density at radius 2 is 2.00 bits per heavy atom. The molecule has 1 atom stereocenters. The molecule has 1 aliphatic heterocycles. The van der Waals surface area contributed by atoms with Crippen LogP contribution in [0.2, 0.25) is 0 Å². The first-order valence-corrected chi connectivity index (χ1v) is 8.75. The van der Waals surface area contributed by atoms with Crippen LogP contribution in [-0.4, -0.2) is 39.4 Å². The van der Waals surface area contributed by atoms with Gasteiger partial charge in [-0.3, -0.25) is 9.59 Å². The van der Waals surface area contributed by atoms with Gasteiger partial charge in [-0.2, -0.15) is 16.9 Å². The first-order chi connectivity index (χ1) is 11.2. The maximum absolute atomic E-state index is 12.4. The Hall–Kier alpha value is -2.08. The minimum atomic E-state index is -0.243. The molecule has 5 nitrogen and oxygen atoms in total. The highest BCUT2D eigenvalue weighted by atomic mass is 32.2. The van der Waals surface area contributed by atoms with Crippen molar-refractivity contribution in [1.29, 1.82) is 0 Å². The third-order valence-corrected chi connectivity index (χ3v) is 5.26. The molecule has 1 unspecified atom stereocenters. The van der Waals surface area contributed by atoms with Gasteiger partial charge in [0.25, 0.3) is 5.56 Å². The van der Waals surface area contributed by atoms with Crippen LogP contribution in [0.4, 0.5) is 0 Å². The van der Waals surface area contributed by atoms with Crippen molar-refractivity contribution in [3.8, 4) is 0 Å². The van der Waals surface area contributed by atoms with E-state index in [4.69, 9.17) is 0 Å². The number of hydrogen-bond donors (Lipinski definition) is 0. The molecule has 6 heteroatoms. The molecule has 120 valence electrons. The molecule has 0 spiro atoms. The first kappa shape index (κ1) is 15.8. The number of rotatable bonds is 3. The van der Waals surface area contributed by atoms with Crippen molar-refractivity contribution < 1.29 is 4.79 Å². The predicted molar refractivity (Wildman–Crippen MR) is 91.3 cm³/mol. The van der Waals surface area contributed by atoms with Gasteiger partial charge >= 0.3 is 0 Å². The molecule has 0 radical (unpaired) electrons. The van der Waals surface area contributed by atoms with Crippen LogP contribution in [0.5, 0.6) is 0 Å². The summed E-state index contributed by atoms with van der Waals surface area (Å²) in [6.07, 6.45) is 2.45. The summed E-state index contributed by atoms with van der Waals surface area (Å²) in [6.45, 7) is 1.45. The zero-order valence-electron chi connectivity index (χ0n) is 12.8. The fourth-order valence-electron chi connectivity index (χ4n) is 2.69. The van der Waals surface area contributed by atoms with Gasteiger partial charge in [0, 0.05) is 36.4 Å². The molecule has 1 aromatic heterocycles. The maximum Gasteiger partial charge on any atom is 0.267 e. The molecular formula is C17H19N3O2S. The van der Waals surface area contributed by atoms with Crippen molar-refractivity contribution >= 4 is 17.7 Å². The van der Waals surface area contributed by atoms with Crippen LogP contribution >= 0.6 is 11.8 Å². The van der Waals surface area contributed by atoms with Crippen LogP contribution in [0.3, 0.4) is 0 Å². The highest BCUT2D eigenvalue weighted by Crippen LogP contribution is 2.34. The van der Waals surface area contributed by atoms with Crippen molar-refractivity contribution in [2.45, 2.75) is 18.2 Å². The van der Waals surface area contributed by atoms with E-state index in [2.05, 4.69) is 29.4 Å². The van der Waals surface area contributed by atoms with E-state index in [1.807, 2.05) is 22.7 Å². The lowest BCUT2D eigenvalue weighted by Crippen LogP contribution is -2.38. The highest BCUT2D eigenvalue weighted by molar-refractivity contribution is 7.99. The lowest BCUT2D eigenvalue weighted by atomic mass is 10.1. The van der Waals surface area contributed by atoms with E-state index < -0.39 is 0 Å². The molecule has 1 aromatic carbocycles. The number of thioether (sulfide) groups is 1. The second kappa shape index (κ2) is 7.46. The van der Waals surface area contributed by atoms with Gasteiger partial charge in [-0.25, -0.2) is 4.68 Å². The van der Waals surface area contributed by atoms with Crippen molar-refractivity contribution in [3.63, 3.8) is 0 Å². The van der Waals surface area contributed by atoms with Gasteiger partial charge in [0.15, 0.2) is 0 Å². The van der Waals surface area contributed by atoms with Crippen LogP contribution in [0.25, 0.3) is 0 Å². The van der Waals surface area contributed by atoms with E-state index in [9.17, 15) is 9.59 Å². The summed E-state index contributed by atoms with van der Waals surface area (Å²) in [4.78, 5) is 25.9. The number of aromatic nitrogens is 2. The molecule has 2 aromatic rings. The minimum Gasteiger partial charge on any atom is -0.340 e. The summed E-state index contributed by atoms with van der Waals surface area (Å²) in [5.41, 5.74) is 1.07. The Kier molecular flexibility index (Phi) is 5.12.